The molecule has 1 aromatic carbocycles. The Labute approximate surface area is 162 Å². The molecule has 0 saturated carbocycles. The van der Waals surface area contributed by atoms with Gasteiger partial charge in [0.1, 0.15) is 24.3 Å². The van der Waals surface area contributed by atoms with Crippen LogP contribution in [-0.2, 0) is 11.4 Å². The molecule has 0 atom stereocenters. The van der Waals surface area contributed by atoms with E-state index in [1.165, 1.54) is 22.9 Å². The van der Waals surface area contributed by atoms with Crippen LogP contribution in [0.1, 0.15) is 21.7 Å². The number of aldehydes is 1. The minimum absolute atomic E-state index is 0.0287. The van der Waals surface area contributed by atoms with Crippen LogP contribution in [0.4, 0.5) is 0 Å². The van der Waals surface area contributed by atoms with Crippen molar-refractivity contribution in [1.82, 2.24) is 20.3 Å². The van der Waals surface area contributed by atoms with Gasteiger partial charge in [0, 0.05) is 6.54 Å². The van der Waals surface area contributed by atoms with Crippen molar-refractivity contribution in [1.29, 1.82) is 0 Å². The fraction of sp³-hybridized carbons (Fsp3) is 0.200. The summed E-state index contributed by atoms with van der Waals surface area (Å²) < 4.78 is 7.24. The molecule has 8 nitrogen and oxygen atoms in total. The number of carbonyl (C=O) groups excluding carboxylic acids is 2. The molecule has 0 saturated heterocycles. The Bertz CT molecular complexity index is 899. The molecule has 0 aliphatic carbocycles. The van der Waals surface area contributed by atoms with E-state index in [2.05, 4.69) is 22.2 Å². The molecule has 0 unspecified atom stereocenters. The van der Waals surface area contributed by atoms with Crippen molar-refractivity contribution in [2.45, 2.75) is 13.5 Å². The van der Waals surface area contributed by atoms with Crippen LogP contribution in [0.25, 0.3) is 5.70 Å². The molecule has 0 spiro atoms. The molecule has 2 N–H and O–H groups in total. The zero-order valence-electron chi connectivity index (χ0n) is 15.5. The van der Waals surface area contributed by atoms with E-state index in [1.54, 1.807) is 6.08 Å². The van der Waals surface area contributed by atoms with Crippen molar-refractivity contribution in [2.75, 3.05) is 13.2 Å². The van der Waals surface area contributed by atoms with Crippen LogP contribution in [0.5, 0.6) is 5.75 Å². The van der Waals surface area contributed by atoms with Gasteiger partial charge in [0.15, 0.2) is 5.69 Å². The predicted octanol–water partition coefficient (Wildman–Crippen LogP) is 1.67. The minimum atomic E-state index is -0.477. The van der Waals surface area contributed by atoms with E-state index in [0.717, 1.165) is 5.56 Å². The number of aliphatic hydroxyl groups excluding tert-OH is 1. The summed E-state index contributed by atoms with van der Waals surface area (Å²) in [5.74, 6) is 0.162. The van der Waals surface area contributed by atoms with Gasteiger partial charge in [0.25, 0.3) is 5.91 Å². The fourth-order valence-corrected chi connectivity index (χ4v) is 2.35. The highest BCUT2D eigenvalue weighted by atomic mass is 16.5. The molecule has 1 amide bonds. The summed E-state index contributed by atoms with van der Waals surface area (Å²) in [5.41, 5.74) is 2.03. The molecule has 146 valence electrons. The summed E-state index contributed by atoms with van der Waals surface area (Å²) in [6.45, 7) is 5.62. The molecule has 0 aliphatic heterocycles. The second-order valence-corrected chi connectivity index (χ2v) is 5.70. The average Bonchev–Trinajstić information content (AvgIpc) is 3.11. The van der Waals surface area contributed by atoms with Gasteiger partial charge in [-0.2, -0.15) is 0 Å². The first kappa shape index (κ1) is 20.8. The third kappa shape index (κ3) is 5.49. The number of ether oxygens (including phenoxy) is 1. The maximum absolute atomic E-state index is 12.4. The van der Waals surface area contributed by atoms with E-state index in [-0.39, 0.29) is 25.5 Å². The molecule has 2 aromatic rings. The summed E-state index contributed by atoms with van der Waals surface area (Å²) in [6, 6.07) is 7.50. The average molecular weight is 382 g/mol. The number of carbonyl (C=O) groups is 2. The van der Waals surface area contributed by atoms with Gasteiger partial charge in [0.05, 0.1) is 12.3 Å². The Kier molecular flexibility index (Phi) is 7.86. The number of hydrogen-bond acceptors (Lipinski definition) is 6. The Morgan fingerprint density at radius 1 is 1.39 bits per heavy atom. The smallest absolute Gasteiger partial charge is 0.274 e. The first-order valence-electron chi connectivity index (χ1n) is 8.58. The molecule has 0 radical (unpaired) electrons. The summed E-state index contributed by atoms with van der Waals surface area (Å²) in [6.07, 6.45) is 6.63. The molecule has 1 aromatic heterocycles. The zero-order chi connectivity index (χ0) is 20.4. The van der Waals surface area contributed by atoms with Crippen LogP contribution in [-0.4, -0.2) is 45.4 Å². The third-order valence-corrected chi connectivity index (χ3v) is 3.65. The number of aromatic nitrogens is 3. The second-order valence-electron chi connectivity index (χ2n) is 5.70. The van der Waals surface area contributed by atoms with Gasteiger partial charge in [-0.1, -0.05) is 30.0 Å². The number of benzene rings is 1. The standard InChI is InChI=1S/C20H22N4O4/c1-3-16(8-4-5-11-25)24-18(14-28-17-9-6-7-15(2)13-17)19(22-23-24)20(27)21-10-12-26/h3-9,11,13,26H,1,10,12,14H2,2H3,(H,21,27)/b5-4+,16-8+. The van der Waals surface area contributed by atoms with Crippen molar-refractivity contribution in [3.8, 4) is 5.75 Å². The molecule has 28 heavy (non-hydrogen) atoms. The Morgan fingerprint density at radius 2 is 2.21 bits per heavy atom. The lowest BCUT2D eigenvalue weighted by atomic mass is 10.2. The van der Waals surface area contributed by atoms with E-state index in [4.69, 9.17) is 9.84 Å². The van der Waals surface area contributed by atoms with Gasteiger partial charge in [-0.15, -0.1) is 5.10 Å². The van der Waals surface area contributed by atoms with Crippen LogP contribution < -0.4 is 10.1 Å². The van der Waals surface area contributed by atoms with Crippen LogP contribution in [0.15, 0.2) is 55.1 Å². The number of nitrogens with zero attached hydrogens (tertiary/aromatic N) is 3. The summed E-state index contributed by atoms with van der Waals surface area (Å²) in [7, 11) is 0. The fourth-order valence-electron chi connectivity index (χ4n) is 2.35. The monoisotopic (exact) mass is 382 g/mol. The van der Waals surface area contributed by atoms with E-state index >= 15 is 0 Å². The van der Waals surface area contributed by atoms with E-state index < -0.39 is 5.91 Å². The van der Waals surface area contributed by atoms with Crippen LogP contribution in [0.2, 0.25) is 0 Å². The van der Waals surface area contributed by atoms with Crippen LogP contribution >= 0.6 is 0 Å². The van der Waals surface area contributed by atoms with Gasteiger partial charge in [-0.3, -0.25) is 9.59 Å². The minimum Gasteiger partial charge on any atom is -0.487 e. The third-order valence-electron chi connectivity index (χ3n) is 3.65. The second kappa shape index (κ2) is 10.6. The lowest BCUT2D eigenvalue weighted by Crippen LogP contribution is -2.28. The number of aryl methyl sites for hydroxylation is 1. The maximum atomic E-state index is 12.4. The van der Waals surface area contributed by atoms with Crippen molar-refractivity contribution in [3.63, 3.8) is 0 Å². The number of allylic oxidation sites excluding steroid dienone is 5. The molecular weight excluding hydrogens is 360 g/mol. The number of nitrogens with one attached hydrogen (secondary N) is 1. The molecule has 0 aliphatic rings. The number of hydrogen-bond donors (Lipinski definition) is 2. The van der Waals surface area contributed by atoms with Gasteiger partial charge in [0.2, 0.25) is 0 Å². The molecule has 1 heterocycles. The highest BCUT2D eigenvalue weighted by Crippen LogP contribution is 2.18. The lowest BCUT2D eigenvalue weighted by Gasteiger charge is -2.11. The first-order chi connectivity index (χ1) is 13.6. The number of amides is 1. The Balaban J connectivity index is 2.38. The Morgan fingerprint density at radius 3 is 2.89 bits per heavy atom. The number of aliphatic hydroxyl groups is 1. The maximum Gasteiger partial charge on any atom is 0.274 e. The van der Waals surface area contributed by atoms with Gasteiger partial charge in [-0.25, -0.2) is 4.68 Å². The topological polar surface area (TPSA) is 106 Å². The quantitative estimate of drug-likeness (QED) is 0.368. The van der Waals surface area contributed by atoms with E-state index in [0.29, 0.717) is 23.4 Å². The molecule has 2 rings (SSSR count). The summed E-state index contributed by atoms with van der Waals surface area (Å²) >= 11 is 0. The van der Waals surface area contributed by atoms with Gasteiger partial charge < -0.3 is 15.2 Å². The van der Waals surface area contributed by atoms with Crippen molar-refractivity contribution < 1.29 is 19.4 Å². The SMILES string of the molecule is C=C/C(=C\C=C\C=O)n1nnc(C(=O)NCCO)c1COc1cccc(C)c1. The molecular formula is C20H22N4O4. The zero-order valence-corrected chi connectivity index (χ0v) is 15.5. The number of rotatable bonds is 10. The highest BCUT2D eigenvalue weighted by molar-refractivity contribution is 5.93. The summed E-state index contributed by atoms with van der Waals surface area (Å²) in [4.78, 5) is 22.9. The normalized spacial score (nSPS) is 11.4. The summed E-state index contributed by atoms with van der Waals surface area (Å²) in [5, 5.41) is 19.5. The molecule has 0 fully saturated rings. The van der Waals surface area contributed by atoms with Gasteiger partial charge in [-0.05, 0) is 42.8 Å². The lowest BCUT2D eigenvalue weighted by molar-refractivity contribution is -0.104. The van der Waals surface area contributed by atoms with Crippen molar-refractivity contribution >= 4 is 17.9 Å². The molecule has 8 heteroatoms. The first-order valence-corrected chi connectivity index (χ1v) is 8.58. The van der Waals surface area contributed by atoms with E-state index in [9.17, 15) is 9.59 Å². The Hall–Kier alpha value is -3.52. The van der Waals surface area contributed by atoms with Gasteiger partial charge >= 0.3 is 0 Å². The largest absolute Gasteiger partial charge is 0.487 e. The van der Waals surface area contributed by atoms with Crippen molar-refractivity contribution in [2.24, 2.45) is 0 Å². The van der Waals surface area contributed by atoms with Crippen LogP contribution in [0.3, 0.4) is 0 Å². The van der Waals surface area contributed by atoms with Crippen molar-refractivity contribution in [3.05, 3.63) is 72.1 Å². The highest BCUT2D eigenvalue weighted by Gasteiger charge is 2.21. The van der Waals surface area contributed by atoms with Crippen LogP contribution in [0, 0.1) is 6.92 Å². The molecule has 0 bridgehead atoms. The predicted molar refractivity (Wildman–Crippen MR) is 105 cm³/mol. The van der Waals surface area contributed by atoms with E-state index in [1.807, 2.05) is 31.2 Å².